The fraction of sp³-hybridized carbons (Fsp3) is 0.312. The van der Waals surface area contributed by atoms with Crippen molar-refractivity contribution < 1.29 is 23.9 Å². The number of likely N-dealkylation sites (N-methyl/N-ethyl adjacent to an activating group) is 1. The van der Waals surface area contributed by atoms with Crippen LogP contribution in [0.15, 0.2) is 36.0 Å². The molecule has 1 heterocycles. The molecule has 0 unspecified atom stereocenters. The Kier molecular flexibility index (Phi) is 4.68. The van der Waals surface area contributed by atoms with Crippen molar-refractivity contribution in [3.8, 4) is 0 Å². The molecule has 0 radical (unpaired) electrons. The summed E-state index contributed by atoms with van der Waals surface area (Å²) in [5, 5.41) is 5.40. The number of amides is 1. The van der Waals surface area contributed by atoms with Crippen molar-refractivity contribution in [1.29, 1.82) is 0 Å². The van der Waals surface area contributed by atoms with Gasteiger partial charge in [-0.05, 0) is 11.6 Å². The second kappa shape index (κ2) is 6.51. The predicted octanol–water partition coefficient (Wildman–Crippen LogP) is 1.11. The number of nitrogens with one attached hydrogen (secondary N) is 2. The number of carbonyl (C=O) groups is 3. The van der Waals surface area contributed by atoms with Crippen LogP contribution in [0.25, 0.3) is 0 Å². The van der Waals surface area contributed by atoms with Crippen LogP contribution in [0.1, 0.15) is 19.4 Å². The van der Waals surface area contributed by atoms with Gasteiger partial charge in [0.15, 0.2) is 5.57 Å². The zero-order valence-corrected chi connectivity index (χ0v) is 13.1. The lowest BCUT2D eigenvalue weighted by Gasteiger charge is -2.29. The molecule has 0 saturated carbocycles. The molecule has 1 aliphatic rings. The highest BCUT2D eigenvalue weighted by Crippen LogP contribution is 2.23. The number of anilines is 1. The number of rotatable bonds is 4. The van der Waals surface area contributed by atoms with Crippen molar-refractivity contribution in [2.24, 2.45) is 0 Å². The van der Waals surface area contributed by atoms with Gasteiger partial charge < -0.3 is 20.1 Å². The first-order valence-electron chi connectivity index (χ1n) is 7.04. The summed E-state index contributed by atoms with van der Waals surface area (Å²) in [5.74, 6) is -2.95. The maximum atomic E-state index is 11.9. The van der Waals surface area contributed by atoms with E-state index < -0.39 is 17.7 Å². The molecule has 1 amide bonds. The first-order valence-corrected chi connectivity index (χ1v) is 7.04. The highest BCUT2D eigenvalue weighted by molar-refractivity contribution is 6.15. The molecule has 7 nitrogen and oxygen atoms in total. The fourth-order valence-electron chi connectivity index (χ4n) is 2.01. The minimum Gasteiger partial charge on any atom is -0.419 e. The maximum Gasteiger partial charge on any atom is 0.350 e. The van der Waals surface area contributed by atoms with Crippen LogP contribution in [-0.2, 0) is 30.3 Å². The molecule has 2 N–H and O–H groups in total. The smallest absolute Gasteiger partial charge is 0.350 e. The van der Waals surface area contributed by atoms with E-state index in [0.717, 1.165) is 5.56 Å². The van der Waals surface area contributed by atoms with Crippen LogP contribution in [0.5, 0.6) is 0 Å². The number of para-hydroxylation sites is 1. The van der Waals surface area contributed by atoms with E-state index in [4.69, 9.17) is 9.47 Å². The third-order valence-electron chi connectivity index (χ3n) is 3.14. The molecule has 0 aromatic heterocycles. The Morgan fingerprint density at radius 1 is 1.17 bits per heavy atom. The molecule has 2 rings (SSSR count). The van der Waals surface area contributed by atoms with E-state index >= 15 is 0 Å². The Balaban J connectivity index is 2.18. The van der Waals surface area contributed by atoms with Gasteiger partial charge in [-0.1, -0.05) is 18.2 Å². The van der Waals surface area contributed by atoms with E-state index in [-0.39, 0.29) is 17.9 Å². The molecule has 0 atom stereocenters. The average molecular weight is 318 g/mol. The van der Waals surface area contributed by atoms with Crippen LogP contribution >= 0.6 is 0 Å². The number of hydrogen-bond acceptors (Lipinski definition) is 6. The average Bonchev–Trinajstić information content (AvgIpc) is 2.46. The largest absolute Gasteiger partial charge is 0.419 e. The number of hydrogen-bond donors (Lipinski definition) is 2. The van der Waals surface area contributed by atoms with E-state index in [1.54, 1.807) is 31.3 Å². The van der Waals surface area contributed by atoms with Gasteiger partial charge in [-0.2, -0.15) is 0 Å². The van der Waals surface area contributed by atoms with Crippen molar-refractivity contribution in [2.75, 3.05) is 12.4 Å². The number of ether oxygens (including phenoxy) is 2. The summed E-state index contributed by atoms with van der Waals surface area (Å²) >= 11 is 0. The van der Waals surface area contributed by atoms with Gasteiger partial charge in [0.25, 0.3) is 5.79 Å². The molecule has 0 bridgehead atoms. The highest BCUT2D eigenvalue weighted by atomic mass is 16.7. The van der Waals surface area contributed by atoms with Crippen molar-refractivity contribution in [3.63, 3.8) is 0 Å². The van der Waals surface area contributed by atoms with Gasteiger partial charge in [0, 0.05) is 32.8 Å². The minimum absolute atomic E-state index is 0.148. The van der Waals surface area contributed by atoms with Crippen LogP contribution < -0.4 is 10.6 Å². The topological polar surface area (TPSA) is 93.7 Å². The summed E-state index contributed by atoms with van der Waals surface area (Å²) in [5.41, 5.74) is 1.09. The van der Waals surface area contributed by atoms with Crippen LogP contribution in [0, 0.1) is 0 Å². The molecular formula is C16H18N2O5. The number of benzene rings is 1. The highest BCUT2D eigenvalue weighted by Gasteiger charge is 2.38. The molecule has 7 heteroatoms. The van der Waals surface area contributed by atoms with E-state index in [2.05, 4.69) is 10.6 Å². The van der Waals surface area contributed by atoms with Gasteiger partial charge in [0.05, 0.1) is 6.42 Å². The molecule has 1 aromatic rings. The third-order valence-corrected chi connectivity index (χ3v) is 3.14. The lowest BCUT2D eigenvalue weighted by molar-refractivity contribution is -0.222. The molecular weight excluding hydrogens is 300 g/mol. The fourth-order valence-corrected chi connectivity index (χ4v) is 2.01. The Hall–Kier alpha value is -2.83. The molecule has 23 heavy (non-hydrogen) atoms. The lowest BCUT2D eigenvalue weighted by atomic mass is 10.1. The van der Waals surface area contributed by atoms with Crippen molar-refractivity contribution in [1.82, 2.24) is 5.32 Å². The Morgan fingerprint density at radius 2 is 1.78 bits per heavy atom. The summed E-state index contributed by atoms with van der Waals surface area (Å²) in [6.45, 7) is 2.96. The van der Waals surface area contributed by atoms with E-state index in [1.807, 2.05) is 0 Å². The second-order valence-electron chi connectivity index (χ2n) is 5.39. The van der Waals surface area contributed by atoms with Gasteiger partial charge in [0.2, 0.25) is 5.91 Å². The van der Waals surface area contributed by atoms with Crippen LogP contribution in [-0.4, -0.2) is 30.7 Å². The number of esters is 2. The summed E-state index contributed by atoms with van der Waals surface area (Å²) in [7, 11) is 1.55. The van der Waals surface area contributed by atoms with Crippen LogP contribution in [0.3, 0.4) is 0 Å². The van der Waals surface area contributed by atoms with Gasteiger partial charge >= 0.3 is 11.9 Å². The Bertz CT molecular complexity index is 657. The molecule has 0 aliphatic carbocycles. The molecule has 0 spiro atoms. The van der Waals surface area contributed by atoms with Gasteiger partial charge in [-0.25, -0.2) is 9.59 Å². The standard InChI is InChI=1S/C16H18N2O5/c1-16(2)22-14(20)11(15(21)23-16)9-18-12-7-5-4-6-10(12)8-13(19)17-3/h4-7,9,18H,8H2,1-3H3,(H,17,19). The number of cyclic esters (lactones) is 2. The zero-order valence-electron chi connectivity index (χ0n) is 13.1. The monoisotopic (exact) mass is 318 g/mol. The Morgan fingerprint density at radius 3 is 2.39 bits per heavy atom. The Labute approximate surface area is 133 Å². The minimum atomic E-state index is -1.28. The third kappa shape index (κ3) is 4.09. The van der Waals surface area contributed by atoms with Crippen LogP contribution in [0.2, 0.25) is 0 Å². The van der Waals surface area contributed by atoms with E-state index in [0.29, 0.717) is 5.69 Å². The van der Waals surface area contributed by atoms with E-state index in [1.165, 1.54) is 20.0 Å². The van der Waals surface area contributed by atoms with Crippen molar-refractivity contribution in [3.05, 3.63) is 41.6 Å². The molecule has 122 valence electrons. The zero-order chi connectivity index (χ0) is 17.0. The lowest BCUT2D eigenvalue weighted by Crippen LogP contribution is -2.42. The van der Waals surface area contributed by atoms with E-state index in [9.17, 15) is 14.4 Å². The number of carbonyl (C=O) groups excluding carboxylic acids is 3. The molecule has 1 saturated heterocycles. The van der Waals surface area contributed by atoms with Crippen LogP contribution in [0.4, 0.5) is 5.69 Å². The van der Waals surface area contributed by atoms with Crippen molar-refractivity contribution >= 4 is 23.5 Å². The normalized spacial score (nSPS) is 16.2. The quantitative estimate of drug-likeness (QED) is 0.491. The molecule has 1 aliphatic heterocycles. The second-order valence-corrected chi connectivity index (χ2v) is 5.39. The first-order chi connectivity index (χ1) is 10.8. The summed E-state index contributed by atoms with van der Waals surface area (Å²) in [6.07, 6.45) is 1.40. The van der Waals surface area contributed by atoms with Crippen molar-refractivity contribution in [2.45, 2.75) is 26.1 Å². The maximum absolute atomic E-state index is 11.9. The van der Waals surface area contributed by atoms with Gasteiger partial charge in [-0.15, -0.1) is 0 Å². The SMILES string of the molecule is CNC(=O)Cc1ccccc1NC=C1C(=O)OC(C)(C)OC1=O. The van der Waals surface area contributed by atoms with Gasteiger partial charge in [0.1, 0.15) is 0 Å². The molecule has 1 aromatic carbocycles. The first kappa shape index (κ1) is 16.5. The summed E-state index contributed by atoms with van der Waals surface area (Å²) < 4.78 is 10.0. The predicted molar refractivity (Wildman–Crippen MR) is 82.2 cm³/mol. The summed E-state index contributed by atoms with van der Waals surface area (Å²) in [4.78, 5) is 35.2. The summed E-state index contributed by atoms with van der Waals surface area (Å²) in [6, 6.07) is 7.08. The molecule has 1 fully saturated rings. The van der Waals surface area contributed by atoms with Gasteiger partial charge in [-0.3, -0.25) is 4.79 Å².